The molecule has 8 heteroatoms. The number of furan rings is 1. The van der Waals surface area contributed by atoms with E-state index < -0.39 is 5.82 Å². The van der Waals surface area contributed by atoms with Crippen LogP contribution in [-0.4, -0.2) is 36.1 Å². The van der Waals surface area contributed by atoms with Crippen LogP contribution in [0.4, 0.5) is 16.0 Å². The van der Waals surface area contributed by atoms with Crippen LogP contribution < -0.4 is 5.32 Å². The number of hydrogen-bond acceptors (Lipinski definition) is 5. The third kappa shape index (κ3) is 2.28. The molecule has 0 aliphatic carbocycles. The minimum Gasteiger partial charge on any atom is -0.442 e. The number of carbonyl (C=O) groups is 1. The summed E-state index contributed by atoms with van der Waals surface area (Å²) < 4.78 is 18.8. The molecule has 2 aliphatic rings. The second-order valence-electron chi connectivity index (χ2n) is 5.44. The van der Waals surface area contributed by atoms with Gasteiger partial charge >= 0.3 is 0 Å². The Morgan fingerprint density at radius 2 is 2.29 bits per heavy atom. The molecule has 4 rings (SSSR count). The molecule has 1 amide bonds. The summed E-state index contributed by atoms with van der Waals surface area (Å²) in [6, 6.07) is 4.00. The summed E-state index contributed by atoms with van der Waals surface area (Å²) in [7, 11) is 0. The zero-order chi connectivity index (χ0) is 16.8. The number of fused-ring (bicyclic) bond motifs is 3. The van der Waals surface area contributed by atoms with Crippen molar-refractivity contribution in [1.29, 1.82) is 0 Å². The molecule has 3 heterocycles. The largest absolute Gasteiger partial charge is 0.442 e. The first-order chi connectivity index (χ1) is 11.5. The monoisotopic (exact) mass is 346 g/mol. The van der Waals surface area contributed by atoms with Gasteiger partial charge in [0.2, 0.25) is 5.88 Å². The van der Waals surface area contributed by atoms with Crippen molar-refractivity contribution in [2.45, 2.75) is 6.92 Å². The smallest absolute Gasteiger partial charge is 0.260 e. The predicted octanol–water partition coefficient (Wildman–Crippen LogP) is 3.37. The molecule has 0 fully saturated rings. The van der Waals surface area contributed by atoms with Crippen molar-refractivity contribution in [1.82, 2.24) is 4.90 Å². The first-order valence-electron chi connectivity index (χ1n) is 7.30. The average molecular weight is 347 g/mol. The van der Waals surface area contributed by atoms with Crippen molar-refractivity contribution in [2.75, 3.05) is 18.4 Å². The Labute approximate surface area is 141 Å². The van der Waals surface area contributed by atoms with Crippen LogP contribution in [-0.2, 0) is 0 Å². The molecule has 1 N–H and O–H groups in total. The van der Waals surface area contributed by atoms with Crippen LogP contribution in [0, 0.1) is 12.7 Å². The molecule has 0 radical (unpaired) electrons. The van der Waals surface area contributed by atoms with Gasteiger partial charge in [-0.2, -0.15) is 0 Å². The quantitative estimate of drug-likeness (QED) is 0.906. The summed E-state index contributed by atoms with van der Waals surface area (Å²) in [5.41, 5.74) is 1.34. The number of aliphatic imine (C=N–C) groups is 2. The second kappa shape index (κ2) is 5.45. The highest BCUT2D eigenvalue weighted by atomic mass is 35.5. The van der Waals surface area contributed by atoms with E-state index in [1.165, 1.54) is 18.2 Å². The highest BCUT2D eigenvalue weighted by molar-refractivity contribution is 6.31. The summed E-state index contributed by atoms with van der Waals surface area (Å²) in [4.78, 5) is 23.3. The van der Waals surface area contributed by atoms with Gasteiger partial charge in [-0.25, -0.2) is 9.38 Å². The van der Waals surface area contributed by atoms with E-state index in [4.69, 9.17) is 16.0 Å². The standard InChI is InChI=1S/C16H12ClFN4O2/c1-8-12(15(23)21-9-2-3-11(18)10(17)6-9)13-14-19-4-5-22(14)7-20-16(13)24-8/h2-3,6-7H,4-5H2,1H3,(H,21,23). The normalized spacial score (nSPS) is 15.1. The number of aryl methyl sites for hydroxylation is 1. The van der Waals surface area contributed by atoms with Gasteiger partial charge in [-0.3, -0.25) is 9.79 Å². The molecule has 2 aliphatic heterocycles. The lowest BCUT2D eigenvalue weighted by atomic mass is 10.1. The lowest BCUT2D eigenvalue weighted by Gasteiger charge is -2.18. The minimum absolute atomic E-state index is 0.0605. The number of anilines is 1. The first kappa shape index (κ1) is 14.9. The molecule has 0 bridgehead atoms. The molecular formula is C16H12ClFN4O2. The topological polar surface area (TPSA) is 70.2 Å². The van der Waals surface area contributed by atoms with E-state index in [2.05, 4.69) is 15.3 Å². The molecule has 0 atom stereocenters. The van der Waals surface area contributed by atoms with Crippen LogP contribution in [0.25, 0.3) is 0 Å². The Hall–Kier alpha value is -2.67. The number of nitrogens with one attached hydrogen (secondary N) is 1. The lowest BCUT2D eigenvalue weighted by Crippen LogP contribution is -2.30. The maximum absolute atomic E-state index is 13.2. The van der Waals surface area contributed by atoms with Gasteiger partial charge in [-0.15, -0.1) is 0 Å². The number of amidine groups is 1. The van der Waals surface area contributed by atoms with Crippen LogP contribution in [0.3, 0.4) is 0 Å². The minimum atomic E-state index is -0.545. The van der Waals surface area contributed by atoms with Gasteiger partial charge in [0.25, 0.3) is 5.91 Å². The molecule has 0 saturated heterocycles. The lowest BCUT2D eigenvalue weighted by molar-refractivity contribution is 0.102. The van der Waals surface area contributed by atoms with E-state index in [9.17, 15) is 9.18 Å². The second-order valence-corrected chi connectivity index (χ2v) is 5.85. The van der Waals surface area contributed by atoms with Crippen molar-refractivity contribution in [3.8, 4) is 0 Å². The highest BCUT2D eigenvalue weighted by Gasteiger charge is 2.33. The van der Waals surface area contributed by atoms with Gasteiger partial charge in [0, 0.05) is 12.2 Å². The van der Waals surface area contributed by atoms with Crippen LogP contribution >= 0.6 is 11.6 Å². The molecular weight excluding hydrogens is 335 g/mol. The fourth-order valence-electron chi connectivity index (χ4n) is 2.79. The van der Waals surface area contributed by atoms with Crippen molar-refractivity contribution in [2.24, 2.45) is 9.98 Å². The van der Waals surface area contributed by atoms with Gasteiger partial charge in [0.05, 0.1) is 22.7 Å². The van der Waals surface area contributed by atoms with Crippen LogP contribution in [0.2, 0.25) is 5.02 Å². The van der Waals surface area contributed by atoms with E-state index in [0.717, 1.165) is 6.54 Å². The summed E-state index contributed by atoms with van der Waals surface area (Å²) in [5.74, 6) is 0.564. The molecule has 0 unspecified atom stereocenters. The summed E-state index contributed by atoms with van der Waals surface area (Å²) in [6.07, 6.45) is 1.65. The van der Waals surface area contributed by atoms with Gasteiger partial charge in [0.15, 0.2) is 0 Å². The van der Waals surface area contributed by atoms with Crippen LogP contribution in [0.15, 0.2) is 32.6 Å². The Morgan fingerprint density at radius 1 is 1.46 bits per heavy atom. The Bertz CT molecular complexity index is 919. The number of rotatable bonds is 2. The number of amides is 1. The first-order valence-corrected chi connectivity index (χ1v) is 7.68. The Morgan fingerprint density at radius 3 is 3.08 bits per heavy atom. The van der Waals surface area contributed by atoms with Crippen LogP contribution in [0.1, 0.15) is 21.7 Å². The van der Waals surface area contributed by atoms with Gasteiger partial charge in [-0.05, 0) is 25.1 Å². The molecule has 122 valence electrons. The molecule has 0 saturated carbocycles. The third-order valence-corrected chi connectivity index (χ3v) is 4.17. The van der Waals surface area contributed by atoms with Crippen molar-refractivity contribution >= 4 is 41.3 Å². The molecule has 24 heavy (non-hydrogen) atoms. The highest BCUT2D eigenvalue weighted by Crippen LogP contribution is 2.34. The maximum atomic E-state index is 13.2. The molecule has 0 spiro atoms. The molecule has 1 aromatic carbocycles. The predicted molar refractivity (Wildman–Crippen MR) is 89.1 cm³/mol. The Balaban J connectivity index is 1.72. The summed E-state index contributed by atoms with van der Waals surface area (Å²) in [5, 5.41) is 2.65. The fourth-order valence-corrected chi connectivity index (χ4v) is 2.97. The van der Waals surface area contributed by atoms with Crippen molar-refractivity contribution in [3.05, 3.63) is 45.9 Å². The van der Waals surface area contributed by atoms with Crippen molar-refractivity contribution in [3.63, 3.8) is 0 Å². The molecule has 2 aromatic rings. The number of carbonyl (C=O) groups excluding carboxylic acids is 1. The summed E-state index contributed by atoms with van der Waals surface area (Å²) in [6.45, 7) is 3.05. The zero-order valence-electron chi connectivity index (χ0n) is 12.6. The van der Waals surface area contributed by atoms with E-state index in [1.54, 1.807) is 13.3 Å². The third-order valence-electron chi connectivity index (χ3n) is 3.88. The number of nitrogens with zero attached hydrogens (tertiary/aromatic N) is 3. The fraction of sp³-hybridized carbons (Fsp3) is 0.188. The Kier molecular flexibility index (Phi) is 3.38. The number of benzene rings is 1. The van der Waals surface area contributed by atoms with Crippen molar-refractivity contribution < 1.29 is 13.6 Å². The zero-order valence-corrected chi connectivity index (χ0v) is 13.4. The van der Waals surface area contributed by atoms with Gasteiger partial charge < -0.3 is 14.6 Å². The van der Waals surface area contributed by atoms with Gasteiger partial charge in [-0.1, -0.05) is 11.6 Å². The van der Waals surface area contributed by atoms with E-state index >= 15 is 0 Å². The van der Waals surface area contributed by atoms with Gasteiger partial charge in [0.1, 0.15) is 23.8 Å². The number of halogens is 2. The van der Waals surface area contributed by atoms with E-state index in [-0.39, 0.29) is 10.9 Å². The van der Waals surface area contributed by atoms with E-state index in [1.807, 2.05) is 4.90 Å². The van der Waals surface area contributed by atoms with Crippen LogP contribution in [0.5, 0.6) is 0 Å². The SMILES string of the molecule is Cc1oc2c(c1C(=O)Nc1ccc(F)c(Cl)c1)C1=NCCN1C=N2. The average Bonchev–Trinajstić information content (AvgIpc) is 3.13. The number of hydrogen-bond donors (Lipinski definition) is 1. The summed E-state index contributed by atoms with van der Waals surface area (Å²) >= 11 is 5.75. The van der Waals surface area contributed by atoms with E-state index in [0.29, 0.717) is 40.8 Å². The maximum Gasteiger partial charge on any atom is 0.260 e. The molecule has 6 nitrogen and oxygen atoms in total. The molecule has 1 aromatic heterocycles.